The Hall–Kier alpha value is -0.610. The zero-order valence-corrected chi connectivity index (χ0v) is 13.6. The van der Waals surface area contributed by atoms with Gasteiger partial charge in [0.05, 0.1) is 12.7 Å². The number of ether oxygens (including phenoxy) is 1. The van der Waals surface area contributed by atoms with Gasteiger partial charge in [-0.1, -0.05) is 27.7 Å². The number of hydrogen-bond acceptors (Lipinski definition) is 3. The highest BCUT2D eigenvalue weighted by molar-refractivity contribution is 5.84. The summed E-state index contributed by atoms with van der Waals surface area (Å²) in [7, 11) is 0. The molecular weight excluding hydrogens is 252 g/mol. The van der Waals surface area contributed by atoms with Crippen LogP contribution in [0.3, 0.4) is 0 Å². The predicted molar refractivity (Wildman–Crippen MR) is 80.2 cm³/mol. The molecular formula is C16H30N2O2. The summed E-state index contributed by atoms with van der Waals surface area (Å²) in [6, 6.07) is 0. The maximum atomic E-state index is 11.7. The van der Waals surface area contributed by atoms with E-state index >= 15 is 0 Å². The van der Waals surface area contributed by atoms with E-state index in [1.165, 1.54) is 12.8 Å². The Morgan fingerprint density at radius 1 is 1.45 bits per heavy atom. The average Bonchev–Trinajstić information content (AvgIpc) is 2.69. The Labute approximate surface area is 122 Å². The number of hydrogen-bond donors (Lipinski definition) is 2. The molecule has 2 bridgehead atoms. The number of primary amides is 1. The number of rotatable bonds is 6. The van der Waals surface area contributed by atoms with E-state index in [1.54, 1.807) is 0 Å². The van der Waals surface area contributed by atoms with Crippen molar-refractivity contribution in [1.29, 1.82) is 0 Å². The molecule has 0 spiro atoms. The molecule has 0 aromatic carbocycles. The lowest BCUT2D eigenvalue weighted by Gasteiger charge is -2.40. The third-order valence-electron chi connectivity index (χ3n) is 6.40. The minimum Gasteiger partial charge on any atom is -0.375 e. The summed E-state index contributed by atoms with van der Waals surface area (Å²) in [4.78, 5) is 11.7. The fourth-order valence-corrected chi connectivity index (χ4v) is 4.25. The lowest BCUT2D eigenvalue weighted by Crippen LogP contribution is -2.57. The lowest BCUT2D eigenvalue weighted by atomic mass is 9.70. The number of nitrogens with one attached hydrogen (secondary N) is 1. The number of carbonyl (C=O) groups is 1. The summed E-state index contributed by atoms with van der Waals surface area (Å²) in [5.41, 5.74) is 5.31. The van der Waals surface area contributed by atoms with Crippen molar-refractivity contribution >= 4 is 5.91 Å². The van der Waals surface area contributed by atoms with E-state index in [2.05, 4.69) is 26.1 Å². The van der Waals surface area contributed by atoms with Gasteiger partial charge in [-0.2, -0.15) is 0 Å². The van der Waals surface area contributed by atoms with Crippen LogP contribution in [-0.4, -0.2) is 30.7 Å². The molecule has 4 nitrogen and oxygen atoms in total. The second kappa shape index (κ2) is 4.99. The molecule has 0 heterocycles. The van der Waals surface area contributed by atoms with Crippen LogP contribution in [0, 0.1) is 16.7 Å². The smallest absolute Gasteiger partial charge is 0.239 e. The van der Waals surface area contributed by atoms with Gasteiger partial charge in [-0.15, -0.1) is 0 Å². The lowest BCUT2D eigenvalue weighted by molar-refractivity contribution is -0.130. The maximum absolute atomic E-state index is 11.7. The molecule has 4 heteroatoms. The molecule has 2 fully saturated rings. The van der Waals surface area contributed by atoms with E-state index in [4.69, 9.17) is 10.5 Å². The zero-order chi connectivity index (χ0) is 15.2. The van der Waals surface area contributed by atoms with Gasteiger partial charge in [-0.05, 0) is 49.5 Å². The molecule has 2 rings (SSSR count). The largest absolute Gasteiger partial charge is 0.375 e. The van der Waals surface area contributed by atoms with E-state index < -0.39 is 5.54 Å². The molecule has 2 aliphatic carbocycles. The monoisotopic (exact) mass is 282 g/mol. The average molecular weight is 282 g/mol. The van der Waals surface area contributed by atoms with E-state index in [0.29, 0.717) is 18.6 Å². The minimum atomic E-state index is -0.767. The highest BCUT2D eigenvalue weighted by Gasteiger charge is 2.62. The Morgan fingerprint density at radius 2 is 2.10 bits per heavy atom. The number of fused-ring (bicyclic) bond motifs is 2. The number of likely N-dealkylation sites (N-methyl/N-ethyl adjacent to an activating group) is 1. The summed E-state index contributed by atoms with van der Waals surface area (Å²) in [6.45, 7) is 12.0. The molecule has 0 radical (unpaired) electrons. The topological polar surface area (TPSA) is 64.3 Å². The SMILES string of the molecule is CCNC(C)(COC1CC2CCC1(C)C2(C)C)C(N)=O. The Balaban J connectivity index is 2.04. The molecule has 4 unspecified atom stereocenters. The van der Waals surface area contributed by atoms with Crippen molar-refractivity contribution in [3.05, 3.63) is 0 Å². The van der Waals surface area contributed by atoms with Crippen LogP contribution in [0.2, 0.25) is 0 Å². The first-order valence-corrected chi connectivity index (χ1v) is 7.84. The van der Waals surface area contributed by atoms with Gasteiger partial charge in [0.15, 0.2) is 0 Å². The number of carbonyl (C=O) groups excluding carboxylic acids is 1. The van der Waals surface area contributed by atoms with Crippen molar-refractivity contribution in [2.24, 2.45) is 22.5 Å². The maximum Gasteiger partial charge on any atom is 0.239 e. The zero-order valence-electron chi connectivity index (χ0n) is 13.6. The molecule has 20 heavy (non-hydrogen) atoms. The molecule has 0 aromatic rings. The van der Waals surface area contributed by atoms with Crippen molar-refractivity contribution in [1.82, 2.24) is 5.32 Å². The summed E-state index contributed by atoms with van der Waals surface area (Å²) in [5.74, 6) is 0.406. The van der Waals surface area contributed by atoms with Crippen LogP contribution < -0.4 is 11.1 Å². The first kappa shape index (κ1) is 15.8. The molecule has 1 amide bonds. The first-order valence-electron chi connectivity index (χ1n) is 7.84. The fourth-order valence-electron chi connectivity index (χ4n) is 4.25. The van der Waals surface area contributed by atoms with Gasteiger partial charge in [0.2, 0.25) is 5.91 Å². The third kappa shape index (κ3) is 2.17. The molecule has 116 valence electrons. The third-order valence-corrected chi connectivity index (χ3v) is 6.40. The van der Waals surface area contributed by atoms with Crippen LogP contribution in [-0.2, 0) is 9.53 Å². The molecule has 4 atom stereocenters. The van der Waals surface area contributed by atoms with Crippen molar-refractivity contribution in [2.75, 3.05) is 13.2 Å². The first-order chi connectivity index (χ1) is 9.17. The van der Waals surface area contributed by atoms with Crippen LogP contribution in [0.4, 0.5) is 0 Å². The Kier molecular flexibility index (Phi) is 3.93. The number of nitrogens with two attached hydrogens (primary N) is 1. The van der Waals surface area contributed by atoms with E-state index in [1.807, 2.05) is 13.8 Å². The van der Waals surface area contributed by atoms with Gasteiger partial charge in [0, 0.05) is 0 Å². The molecule has 0 aliphatic heterocycles. The van der Waals surface area contributed by atoms with Crippen LogP contribution in [0.25, 0.3) is 0 Å². The quantitative estimate of drug-likeness (QED) is 0.784. The van der Waals surface area contributed by atoms with Gasteiger partial charge in [0.1, 0.15) is 5.54 Å². The molecule has 0 saturated heterocycles. The molecule has 3 N–H and O–H groups in total. The fraction of sp³-hybridized carbons (Fsp3) is 0.938. The van der Waals surface area contributed by atoms with Crippen molar-refractivity contribution in [3.8, 4) is 0 Å². The van der Waals surface area contributed by atoms with E-state index in [9.17, 15) is 4.79 Å². The van der Waals surface area contributed by atoms with Gasteiger partial charge in [-0.3, -0.25) is 4.79 Å². The van der Waals surface area contributed by atoms with Crippen LogP contribution >= 0.6 is 0 Å². The normalized spacial score (nSPS) is 37.9. The summed E-state index contributed by atoms with van der Waals surface area (Å²) < 4.78 is 6.19. The van der Waals surface area contributed by atoms with Gasteiger partial charge in [-0.25, -0.2) is 0 Å². The molecule has 0 aromatic heterocycles. The summed E-state index contributed by atoms with van der Waals surface area (Å²) in [6.07, 6.45) is 3.89. The van der Waals surface area contributed by atoms with Crippen LogP contribution in [0.1, 0.15) is 53.9 Å². The van der Waals surface area contributed by atoms with Crippen molar-refractivity contribution in [2.45, 2.75) is 65.5 Å². The van der Waals surface area contributed by atoms with Crippen LogP contribution in [0.15, 0.2) is 0 Å². The highest BCUT2D eigenvalue weighted by atomic mass is 16.5. The van der Waals surface area contributed by atoms with Gasteiger partial charge in [0.25, 0.3) is 0 Å². The van der Waals surface area contributed by atoms with Crippen molar-refractivity contribution in [3.63, 3.8) is 0 Å². The van der Waals surface area contributed by atoms with E-state index in [0.717, 1.165) is 12.3 Å². The Bertz CT molecular complexity index is 396. The Morgan fingerprint density at radius 3 is 2.50 bits per heavy atom. The second-order valence-corrected chi connectivity index (χ2v) is 7.64. The summed E-state index contributed by atoms with van der Waals surface area (Å²) in [5, 5.41) is 3.16. The van der Waals surface area contributed by atoms with Gasteiger partial charge < -0.3 is 15.8 Å². The second-order valence-electron chi connectivity index (χ2n) is 7.64. The number of amides is 1. The molecule has 2 saturated carbocycles. The molecule has 2 aliphatic rings. The van der Waals surface area contributed by atoms with E-state index in [-0.39, 0.29) is 17.4 Å². The highest BCUT2D eigenvalue weighted by Crippen LogP contribution is 2.66. The minimum absolute atomic E-state index is 0.225. The van der Waals surface area contributed by atoms with Crippen LogP contribution in [0.5, 0.6) is 0 Å². The standard InChI is InChI=1S/C16H30N2O2/c1-6-18-16(5,13(17)19)10-20-12-9-11-7-8-15(12,4)14(11,2)3/h11-12,18H,6-10H2,1-5H3,(H2,17,19). The predicted octanol–water partition coefficient (Wildman–Crippen LogP) is 2.07. The summed E-state index contributed by atoms with van der Waals surface area (Å²) >= 11 is 0. The van der Waals surface area contributed by atoms with Gasteiger partial charge >= 0.3 is 0 Å². The van der Waals surface area contributed by atoms with Crippen molar-refractivity contribution < 1.29 is 9.53 Å².